The van der Waals surface area contributed by atoms with Gasteiger partial charge in [-0.2, -0.15) is 0 Å². The van der Waals surface area contributed by atoms with E-state index in [0.29, 0.717) is 49.2 Å². The lowest BCUT2D eigenvalue weighted by Crippen LogP contribution is -2.53. The third kappa shape index (κ3) is 4.24. The van der Waals surface area contributed by atoms with Gasteiger partial charge in [0.2, 0.25) is 11.8 Å². The molecule has 0 bridgehead atoms. The van der Waals surface area contributed by atoms with E-state index in [1.54, 1.807) is 18.1 Å². The van der Waals surface area contributed by atoms with E-state index in [1.165, 1.54) is 0 Å². The Morgan fingerprint density at radius 1 is 1.21 bits per heavy atom. The average molecular weight is 523 g/mol. The van der Waals surface area contributed by atoms with Crippen LogP contribution in [0.3, 0.4) is 0 Å². The van der Waals surface area contributed by atoms with Crippen LogP contribution in [0.5, 0.6) is 5.75 Å². The van der Waals surface area contributed by atoms with Crippen molar-refractivity contribution in [3.05, 3.63) is 30.0 Å². The molecule has 4 fully saturated rings. The molecule has 4 aliphatic rings. The minimum absolute atomic E-state index is 0.0397. The fourth-order valence-electron chi connectivity index (χ4n) is 7.20. The summed E-state index contributed by atoms with van der Waals surface area (Å²) in [6.07, 6.45) is 3.46. The number of amides is 3. The molecule has 3 heterocycles. The number of fused-ring (bicyclic) bond motifs is 4. The Morgan fingerprint density at radius 3 is 2.76 bits per heavy atom. The molecule has 38 heavy (non-hydrogen) atoms. The van der Waals surface area contributed by atoms with Crippen LogP contribution in [0.1, 0.15) is 42.6 Å². The molecule has 2 saturated carbocycles. The van der Waals surface area contributed by atoms with Crippen LogP contribution in [0.4, 0.5) is 0 Å². The van der Waals surface area contributed by atoms with Gasteiger partial charge in [0, 0.05) is 29.9 Å². The van der Waals surface area contributed by atoms with Crippen molar-refractivity contribution >= 4 is 34.4 Å². The van der Waals surface area contributed by atoms with E-state index in [0.717, 1.165) is 23.7 Å². The van der Waals surface area contributed by atoms with Gasteiger partial charge in [-0.15, -0.1) is 0 Å². The van der Waals surface area contributed by atoms with Crippen LogP contribution in [-0.4, -0.2) is 77.4 Å². The highest BCUT2D eigenvalue weighted by molar-refractivity contribution is 6.02. The van der Waals surface area contributed by atoms with Crippen molar-refractivity contribution in [1.82, 2.24) is 20.5 Å². The molecule has 6 rings (SSSR count). The molecule has 2 aromatic rings. The van der Waals surface area contributed by atoms with Gasteiger partial charge in [0.05, 0.1) is 13.2 Å². The fourth-order valence-corrected chi connectivity index (χ4v) is 7.20. The smallest absolute Gasteiger partial charge is 0.271 e. The molecular formula is C28H34N4O6. The summed E-state index contributed by atoms with van der Waals surface area (Å²) in [6, 6.07) is 5.75. The van der Waals surface area contributed by atoms with Gasteiger partial charge in [0.25, 0.3) is 5.91 Å². The Kier molecular flexibility index (Phi) is 6.37. The molecule has 4 N–H and O–H groups in total. The predicted molar refractivity (Wildman–Crippen MR) is 137 cm³/mol. The number of hydrogen-bond acceptors (Lipinski definition) is 6. The number of aromatic nitrogens is 1. The Hall–Kier alpha value is -3.40. The summed E-state index contributed by atoms with van der Waals surface area (Å²) in [6.45, 7) is 0.428. The number of H-pyrrole nitrogens is 1. The molecule has 7 atom stereocenters. The minimum atomic E-state index is -0.898. The van der Waals surface area contributed by atoms with Crippen LogP contribution in [-0.2, 0) is 14.4 Å². The molecule has 3 amide bonds. The molecule has 0 radical (unpaired) electrons. The maximum Gasteiger partial charge on any atom is 0.271 e. The normalized spacial score (nSPS) is 30.1. The molecule has 2 saturated heterocycles. The molecule has 2 aliphatic carbocycles. The number of nitrogens with one attached hydrogen (secondary N) is 3. The number of rotatable bonds is 9. The SMILES string of the molecule is COc1cccc2[nH]c(C(=O)N3C[C@H]4[C@H](CC5C[C@@H]54)[C@H]3C(=O)N[C@@H](CC[C@@H]3CCNC3=O)C(=O)CO)cc12. The number of benzene rings is 1. The maximum atomic E-state index is 13.8. The zero-order valence-corrected chi connectivity index (χ0v) is 21.4. The molecule has 1 aromatic carbocycles. The predicted octanol–water partition coefficient (Wildman–Crippen LogP) is 1.24. The number of hydrogen-bond donors (Lipinski definition) is 4. The van der Waals surface area contributed by atoms with Crippen LogP contribution in [0.25, 0.3) is 10.9 Å². The van der Waals surface area contributed by atoms with Gasteiger partial charge < -0.3 is 30.4 Å². The largest absolute Gasteiger partial charge is 0.496 e. The quantitative estimate of drug-likeness (QED) is 0.391. The molecule has 1 aromatic heterocycles. The van der Waals surface area contributed by atoms with Crippen LogP contribution >= 0.6 is 0 Å². The number of Topliss-reactive ketones (excluding diaryl/α,β-unsaturated/α-hetero) is 1. The fraction of sp³-hybridized carbons (Fsp3) is 0.571. The van der Waals surface area contributed by atoms with E-state index >= 15 is 0 Å². The van der Waals surface area contributed by atoms with E-state index in [-0.39, 0.29) is 41.9 Å². The lowest BCUT2D eigenvalue weighted by atomic mass is 9.88. The zero-order valence-electron chi connectivity index (χ0n) is 21.4. The standard InChI is InChI=1S/C28H34N4O6/c1-38-24-4-2-3-20-18(24)11-22(30-20)28(37)32-12-19-16-9-15(16)10-17(19)25(32)27(36)31-21(23(34)13-33)6-5-14-7-8-29-26(14)35/h2-4,11,14-17,19,21,25,30,33H,5-10,12-13H2,1H3,(H,29,35)(H,31,36)/t14-,15?,16+,17+,19-,21+,25+/m1/s1. The lowest BCUT2D eigenvalue weighted by molar-refractivity contribution is -0.132. The van der Waals surface area contributed by atoms with Gasteiger partial charge in [0.15, 0.2) is 5.78 Å². The van der Waals surface area contributed by atoms with Crippen molar-refractivity contribution in [2.75, 3.05) is 26.8 Å². The van der Waals surface area contributed by atoms with Crippen molar-refractivity contribution in [1.29, 1.82) is 0 Å². The number of likely N-dealkylation sites (tertiary alicyclic amines) is 1. The highest BCUT2D eigenvalue weighted by Crippen LogP contribution is 2.62. The summed E-state index contributed by atoms with van der Waals surface area (Å²) in [4.78, 5) is 57.0. The van der Waals surface area contributed by atoms with Crippen molar-refractivity contribution in [2.24, 2.45) is 29.6 Å². The topological polar surface area (TPSA) is 141 Å². The van der Waals surface area contributed by atoms with Gasteiger partial charge in [-0.1, -0.05) is 6.07 Å². The second-order valence-electron chi connectivity index (χ2n) is 11.3. The number of nitrogens with zero attached hydrogens (tertiary/aromatic N) is 1. The second-order valence-corrected chi connectivity index (χ2v) is 11.3. The van der Waals surface area contributed by atoms with Gasteiger partial charge in [0.1, 0.15) is 24.1 Å². The summed E-state index contributed by atoms with van der Waals surface area (Å²) in [5.74, 6) is 0.815. The summed E-state index contributed by atoms with van der Waals surface area (Å²) in [7, 11) is 1.58. The summed E-state index contributed by atoms with van der Waals surface area (Å²) in [5.41, 5.74) is 1.17. The van der Waals surface area contributed by atoms with E-state index in [1.807, 2.05) is 18.2 Å². The van der Waals surface area contributed by atoms with E-state index in [2.05, 4.69) is 15.6 Å². The van der Waals surface area contributed by atoms with Crippen molar-refractivity contribution in [3.8, 4) is 5.75 Å². The molecule has 10 nitrogen and oxygen atoms in total. The van der Waals surface area contributed by atoms with Crippen LogP contribution in [0, 0.1) is 29.6 Å². The summed E-state index contributed by atoms with van der Waals surface area (Å²) in [5, 5.41) is 16.0. The molecule has 202 valence electrons. The number of carbonyl (C=O) groups is 4. The number of aromatic amines is 1. The lowest BCUT2D eigenvalue weighted by Gasteiger charge is -2.29. The Labute approximate surface area is 220 Å². The Bertz CT molecular complexity index is 1290. The first-order valence-electron chi connectivity index (χ1n) is 13.6. The molecule has 2 aliphatic heterocycles. The molecule has 0 spiro atoms. The Morgan fingerprint density at radius 2 is 2.03 bits per heavy atom. The average Bonchev–Trinajstić information content (AvgIpc) is 3.29. The van der Waals surface area contributed by atoms with Crippen molar-refractivity contribution < 1.29 is 29.0 Å². The number of ketones is 1. The highest BCUT2D eigenvalue weighted by Gasteiger charge is 2.62. The van der Waals surface area contributed by atoms with E-state index in [9.17, 15) is 24.3 Å². The molecule has 10 heteroatoms. The van der Waals surface area contributed by atoms with E-state index < -0.39 is 24.5 Å². The first kappa shape index (κ1) is 24.9. The molecular weight excluding hydrogens is 488 g/mol. The second kappa shape index (κ2) is 9.72. The van der Waals surface area contributed by atoms with Crippen molar-refractivity contribution in [3.63, 3.8) is 0 Å². The number of aliphatic hydroxyl groups is 1. The number of methoxy groups -OCH3 is 1. The monoisotopic (exact) mass is 522 g/mol. The van der Waals surface area contributed by atoms with Gasteiger partial charge in [-0.05, 0) is 74.0 Å². The summed E-state index contributed by atoms with van der Waals surface area (Å²) >= 11 is 0. The number of ether oxygens (including phenoxy) is 1. The van der Waals surface area contributed by atoms with Crippen LogP contribution < -0.4 is 15.4 Å². The third-order valence-electron chi connectivity index (χ3n) is 9.23. The van der Waals surface area contributed by atoms with Gasteiger partial charge in [-0.3, -0.25) is 19.2 Å². The van der Waals surface area contributed by atoms with E-state index in [4.69, 9.17) is 4.74 Å². The zero-order chi connectivity index (χ0) is 26.6. The number of carbonyl (C=O) groups excluding carboxylic acids is 4. The van der Waals surface area contributed by atoms with Gasteiger partial charge in [-0.25, -0.2) is 0 Å². The third-order valence-corrected chi connectivity index (χ3v) is 9.23. The van der Waals surface area contributed by atoms with Crippen LogP contribution in [0.15, 0.2) is 24.3 Å². The first-order chi connectivity index (χ1) is 18.4. The van der Waals surface area contributed by atoms with Crippen molar-refractivity contribution in [2.45, 2.75) is 44.2 Å². The molecule has 1 unspecified atom stereocenters. The van der Waals surface area contributed by atoms with Crippen LogP contribution in [0.2, 0.25) is 0 Å². The summed E-state index contributed by atoms with van der Waals surface area (Å²) < 4.78 is 5.44. The highest BCUT2D eigenvalue weighted by atomic mass is 16.5. The van der Waals surface area contributed by atoms with Gasteiger partial charge >= 0.3 is 0 Å². The first-order valence-corrected chi connectivity index (χ1v) is 13.6. The minimum Gasteiger partial charge on any atom is -0.496 e. The Balaban J connectivity index is 1.23. The maximum absolute atomic E-state index is 13.8. The number of aliphatic hydroxyl groups excluding tert-OH is 1.